The molecule has 2 unspecified atom stereocenters. The van der Waals surface area contributed by atoms with Gasteiger partial charge in [0.05, 0.1) is 0 Å². The van der Waals surface area contributed by atoms with Gasteiger partial charge < -0.3 is 20.3 Å². The standard InChI is InChI=1S/C30H43N3O4S/c1-10-33(28(35)24(16-17-38-9)31-29(36)37-30(6,7)8)26(23-18-19(2)14-15-20(23)3)27(34)32-25-21(4)12-11-13-22(25)5/h11-15,18,24,26H,10,16-17H2,1-9H3,(H,31,36)(H,32,34). The molecule has 2 aromatic carbocycles. The number of nitrogens with zero attached hydrogens (tertiary/aromatic N) is 1. The molecule has 0 saturated heterocycles. The first-order valence-electron chi connectivity index (χ1n) is 13.0. The number of carbonyl (C=O) groups excluding carboxylic acids is 3. The summed E-state index contributed by atoms with van der Waals surface area (Å²) in [6, 6.07) is 10.0. The molecule has 0 aliphatic carbocycles. The van der Waals surface area contributed by atoms with Crippen LogP contribution in [0, 0.1) is 27.7 Å². The Morgan fingerprint density at radius 3 is 2.18 bits per heavy atom. The highest BCUT2D eigenvalue weighted by molar-refractivity contribution is 7.98. The van der Waals surface area contributed by atoms with Crippen molar-refractivity contribution in [1.82, 2.24) is 10.2 Å². The van der Waals surface area contributed by atoms with Crippen LogP contribution in [0.2, 0.25) is 0 Å². The highest BCUT2D eigenvalue weighted by Crippen LogP contribution is 2.29. The maximum absolute atomic E-state index is 14.0. The lowest BCUT2D eigenvalue weighted by atomic mass is 9.95. The lowest BCUT2D eigenvalue weighted by Crippen LogP contribution is -2.52. The molecule has 0 spiro atoms. The van der Waals surface area contributed by atoms with E-state index in [-0.39, 0.29) is 18.4 Å². The first-order valence-corrected chi connectivity index (χ1v) is 14.4. The number of hydrogen-bond donors (Lipinski definition) is 2. The summed E-state index contributed by atoms with van der Waals surface area (Å²) in [6.45, 7) is 15.3. The number of alkyl carbamates (subject to hydrolysis) is 1. The van der Waals surface area contributed by atoms with Gasteiger partial charge in [0.1, 0.15) is 17.7 Å². The average molecular weight is 542 g/mol. The smallest absolute Gasteiger partial charge is 0.408 e. The van der Waals surface area contributed by atoms with Crippen LogP contribution in [0.5, 0.6) is 0 Å². The van der Waals surface area contributed by atoms with Crippen LogP contribution in [0.3, 0.4) is 0 Å². The molecular weight excluding hydrogens is 498 g/mol. The highest BCUT2D eigenvalue weighted by atomic mass is 32.2. The molecule has 0 radical (unpaired) electrons. The lowest BCUT2D eigenvalue weighted by Gasteiger charge is -2.34. The molecule has 0 aromatic heterocycles. The van der Waals surface area contributed by atoms with Gasteiger partial charge in [-0.15, -0.1) is 0 Å². The van der Waals surface area contributed by atoms with E-state index in [9.17, 15) is 14.4 Å². The molecule has 2 aromatic rings. The van der Waals surface area contributed by atoms with Gasteiger partial charge >= 0.3 is 6.09 Å². The summed E-state index contributed by atoms with van der Waals surface area (Å²) in [6.07, 6.45) is 1.70. The van der Waals surface area contributed by atoms with Crippen molar-refractivity contribution in [3.63, 3.8) is 0 Å². The summed E-state index contributed by atoms with van der Waals surface area (Å²) < 4.78 is 5.44. The predicted molar refractivity (Wildman–Crippen MR) is 157 cm³/mol. The first-order chi connectivity index (χ1) is 17.8. The number of carbonyl (C=O) groups is 3. The first kappa shape index (κ1) is 31.2. The van der Waals surface area contributed by atoms with E-state index in [1.54, 1.807) is 37.4 Å². The molecular formula is C30H43N3O4S. The second-order valence-corrected chi connectivity index (χ2v) is 11.6. The van der Waals surface area contributed by atoms with Crippen LogP contribution in [-0.2, 0) is 14.3 Å². The minimum Gasteiger partial charge on any atom is -0.444 e. The maximum Gasteiger partial charge on any atom is 0.408 e. The van der Waals surface area contributed by atoms with Gasteiger partial charge in [0.15, 0.2) is 0 Å². The van der Waals surface area contributed by atoms with Gasteiger partial charge in [-0.1, -0.05) is 42.0 Å². The molecule has 0 aliphatic rings. The molecule has 0 aliphatic heterocycles. The summed E-state index contributed by atoms with van der Waals surface area (Å²) in [5.41, 5.74) is 4.57. The van der Waals surface area contributed by atoms with Crippen molar-refractivity contribution in [2.45, 2.75) is 79.5 Å². The monoisotopic (exact) mass is 541 g/mol. The summed E-state index contributed by atoms with van der Waals surface area (Å²) in [5, 5.41) is 5.86. The molecule has 208 valence electrons. The molecule has 0 fully saturated rings. The second kappa shape index (κ2) is 13.7. The van der Waals surface area contributed by atoms with Crippen LogP contribution in [-0.4, -0.2) is 53.0 Å². The third-order valence-electron chi connectivity index (χ3n) is 6.24. The fourth-order valence-corrected chi connectivity index (χ4v) is 4.79. The Bertz CT molecular complexity index is 1120. The van der Waals surface area contributed by atoms with Gasteiger partial charge in [-0.2, -0.15) is 11.8 Å². The highest BCUT2D eigenvalue weighted by Gasteiger charge is 2.36. The Labute approximate surface area is 232 Å². The number of aryl methyl sites for hydroxylation is 4. The number of amides is 3. The third-order valence-corrected chi connectivity index (χ3v) is 6.89. The number of hydrogen-bond acceptors (Lipinski definition) is 5. The van der Waals surface area contributed by atoms with Crippen LogP contribution in [0.4, 0.5) is 10.5 Å². The Morgan fingerprint density at radius 1 is 1.00 bits per heavy atom. The molecule has 3 amide bonds. The second-order valence-electron chi connectivity index (χ2n) is 10.6. The summed E-state index contributed by atoms with van der Waals surface area (Å²) in [5.74, 6) is 0.0362. The number of thioether (sulfide) groups is 1. The molecule has 2 atom stereocenters. The van der Waals surface area contributed by atoms with E-state index in [0.717, 1.165) is 33.5 Å². The van der Waals surface area contributed by atoms with Gasteiger partial charge in [0.25, 0.3) is 5.91 Å². The Morgan fingerprint density at radius 2 is 1.63 bits per heavy atom. The molecule has 8 heteroatoms. The Hall–Kier alpha value is -3.00. The SMILES string of the molecule is CCN(C(=O)C(CCSC)NC(=O)OC(C)(C)C)C(C(=O)Nc1c(C)cccc1C)c1cc(C)ccc1C. The largest absolute Gasteiger partial charge is 0.444 e. The van der Waals surface area contributed by atoms with Crippen molar-refractivity contribution in [1.29, 1.82) is 0 Å². The van der Waals surface area contributed by atoms with Crippen molar-refractivity contribution in [2.24, 2.45) is 0 Å². The maximum atomic E-state index is 14.0. The van der Waals surface area contributed by atoms with Crippen LogP contribution in [0.15, 0.2) is 36.4 Å². The van der Waals surface area contributed by atoms with Crippen molar-refractivity contribution in [3.05, 3.63) is 64.2 Å². The fourth-order valence-electron chi connectivity index (χ4n) is 4.32. The van der Waals surface area contributed by atoms with Crippen LogP contribution in [0.25, 0.3) is 0 Å². The zero-order chi connectivity index (χ0) is 28.6. The normalized spacial score (nSPS) is 12.9. The Balaban J connectivity index is 2.54. The number of rotatable bonds is 10. The summed E-state index contributed by atoms with van der Waals surface area (Å²) in [4.78, 5) is 42.3. The number of para-hydroxylation sites is 1. The molecule has 2 N–H and O–H groups in total. The van der Waals surface area contributed by atoms with Gasteiger partial charge in [-0.05, 0) is 96.1 Å². The van der Waals surface area contributed by atoms with E-state index in [0.29, 0.717) is 12.2 Å². The average Bonchev–Trinajstić information content (AvgIpc) is 2.82. The topological polar surface area (TPSA) is 87.7 Å². The van der Waals surface area contributed by atoms with Gasteiger partial charge in [0, 0.05) is 12.2 Å². The van der Waals surface area contributed by atoms with Crippen molar-refractivity contribution < 1.29 is 19.1 Å². The van der Waals surface area contributed by atoms with Crippen LogP contribution < -0.4 is 10.6 Å². The lowest BCUT2D eigenvalue weighted by molar-refractivity contribution is -0.140. The van der Waals surface area contributed by atoms with E-state index >= 15 is 0 Å². The number of anilines is 1. The van der Waals surface area contributed by atoms with Gasteiger partial charge in [0.2, 0.25) is 5.91 Å². The predicted octanol–water partition coefficient (Wildman–Crippen LogP) is 6.09. The number of benzene rings is 2. The van der Waals surface area contributed by atoms with Crippen molar-refractivity contribution in [3.8, 4) is 0 Å². The molecule has 0 bridgehead atoms. The molecule has 2 rings (SSSR count). The number of nitrogens with one attached hydrogen (secondary N) is 2. The van der Waals surface area contributed by atoms with Crippen molar-refractivity contribution in [2.75, 3.05) is 23.9 Å². The van der Waals surface area contributed by atoms with E-state index in [4.69, 9.17) is 4.74 Å². The third kappa shape index (κ3) is 8.51. The molecule has 7 nitrogen and oxygen atoms in total. The van der Waals surface area contributed by atoms with E-state index in [2.05, 4.69) is 10.6 Å². The zero-order valence-corrected chi connectivity index (χ0v) is 25.0. The van der Waals surface area contributed by atoms with Crippen LogP contribution in [0.1, 0.15) is 68.0 Å². The number of ether oxygens (including phenoxy) is 1. The number of likely N-dealkylation sites (N-methyl/N-ethyl adjacent to an activating group) is 1. The Kier molecular flexibility index (Phi) is 11.2. The van der Waals surface area contributed by atoms with Gasteiger partial charge in [-0.3, -0.25) is 9.59 Å². The zero-order valence-electron chi connectivity index (χ0n) is 24.2. The van der Waals surface area contributed by atoms with E-state index in [1.165, 1.54) is 0 Å². The summed E-state index contributed by atoms with van der Waals surface area (Å²) in [7, 11) is 0. The van der Waals surface area contributed by atoms with Crippen molar-refractivity contribution >= 4 is 35.4 Å². The molecule has 0 saturated carbocycles. The van der Waals surface area contributed by atoms with E-state index < -0.39 is 23.8 Å². The minimum absolute atomic E-state index is 0.281. The quantitative estimate of drug-likeness (QED) is 0.380. The molecule has 0 heterocycles. The fraction of sp³-hybridized carbons (Fsp3) is 0.500. The van der Waals surface area contributed by atoms with Crippen LogP contribution >= 0.6 is 11.8 Å². The van der Waals surface area contributed by atoms with E-state index in [1.807, 2.05) is 77.3 Å². The molecule has 38 heavy (non-hydrogen) atoms. The minimum atomic E-state index is -0.886. The van der Waals surface area contributed by atoms with Gasteiger partial charge in [-0.25, -0.2) is 4.79 Å². The summed E-state index contributed by atoms with van der Waals surface area (Å²) >= 11 is 1.59.